The number of aryl methyl sites for hydroxylation is 3. The Morgan fingerprint density at radius 3 is 0.928 bits per heavy atom. The Morgan fingerprint density at radius 2 is 0.660 bits per heavy atom. The SMILES string of the molecule is Cc1nc2ccccc2nc1-c1[c-]cc(C#N)cc1.Cc1nc2ccccc2nc1-c1[c-]cc(C(F)(F)F)cc1.Cc1nc2ccccc2nc1-c1[c-]cc(Cl)cc1.[Ir].[Ir].[Ir].[c-]1ccccc1-c1ccccn1.[c-]1ccccc1-c1ccccn1.[c-]1ccccc1-c1ccccn1. The monoisotopic (exact) mass is 1830 g/mol. The predicted octanol–water partition coefficient (Wildman–Crippen LogP) is 19.4. The van der Waals surface area contributed by atoms with Crippen LogP contribution in [0, 0.1) is 68.5 Å². The van der Waals surface area contributed by atoms with Gasteiger partial charge in [-0.2, -0.15) is 13.2 Å². The molecule has 0 saturated heterocycles. The van der Waals surface area contributed by atoms with Gasteiger partial charge < -0.3 is 15.0 Å². The van der Waals surface area contributed by atoms with E-state index in [4.69, 9.17) is 16.9 Å². The van der Waals surface area contributed by atoms with Crippen molar-refractivity contribution in [2.24, 2.45) is 0 Å². The Bertz CT molecular complexity index is 4630. The van der Waals surface area contributed by atoms with Gasteiger partial charge in [0.1, 0.15) is 0 Å². The quantitative estimate of drug-likeness (QED) is 0.148. The van der Waals surface area contributed by atoms with E-state index < -0.39 is 11.7 Å². The minimum Gasteiger partial charge on any atom is -0.305 e. The van der Waals surface area contributed by atoms with Gasteiger partial charge in [-0.05, 0) is 109 Å². The number of fused-ring (bicyclic) bond motifs is 3. The third-order valence-corrected chi connectivity index (χ3v) is 14.0. The Kier molecular flexibility index (Phi) is 28.6. The van der Waals surface area contributed by atoms with Gasteiger partial charge in [-0.15, -0.1) is 209 Å². The van der Waals surface area contributed by atoms with Gasteiger partial charge in [-0.25, -0.2) is 5.26 Å². The fourth-order valence-electron chi connectivity index (χ4n) is 9.20. The molecule has 485 valence electrons. The fraction of sp³-hybridized carbons (Fsp3) is 0.0500. The van der Waals surface area contributed by atoms with Crippen LogP contribution in [0.4, 0.5) is 13.2 Å². The van der Waals surface area contributed by atoms with E-state index in [1.54, 1.807) is 43.7 Å². The molecule has 0 aliphatic rings. The third kappa shape index (κ3) is 21.2. The normalized spacial score (nSPS) is 10.2. The van der Waals surface area contributed by atoms with E-state index in [1.165, 1.54) is 6.07 Å². The zero-order chi connectivity index (χ0) is 65.5. The molecule has 0 unspecified atom stereocenters. The minimum absolute atomic E-state index is 0. The molecule has 9 aromatic carbocycles. The van der Waals surface area contributed by atoms with Crippen molar-refractivity contribution in [1.29, 1.82) is 5.26 Å². The van der Waals surface area contributed by atoms with Crippen molar-refractivity contribution in [3.05, 3.63) is 343 Å². The molecule has 6 heterocycles. The molecule has 0 N–H and O–H groups in total. The summed E-state index contributed by atoms with van der Waals surface area (Å²) in [5.41, 5.74) is 17.8. The molecule has 0 saturated carbocycles. The van der Waals surface area contributed by atoms with Crippen LogP contribution in [-0.4, -0.2) is 44.9 Å². The number of para-hydroxylation sites is 6. The number of aromatic nitrogens is 9. The number of hydrogen-bond donors (Lipinski definition) is 0. The average molecular weight is 1820 g/mol. The Morgan fingerprint density at radius 1 is 0.340 bits per heavy atom. The maximum absolute atomic E-state index is 12.6. The van der Waals surface area contributed by atoms with Gasteiger partial charge in [-0.1, -0.05) is 72.8 Å². The molecular weight excluding hydrogens is 1770 g/mol. The molecule has 10 nitrogen and oxygen atoms in total. The Labute approximate surface area is 607 Å². The van der Waals surface area contributed by atoms with Crippen LogP contribution in [0.15, 0.2) is 273 Å². The molecule has 6 aromatic heterocycles. The molecule has 3 radical (unpaired) electrons. The molecule has 0 bridgehead atoms. The third-order valence-electron chi connectivity index (χ3n) is 13.8. The summed E-state index contributed by atoms with van der Waals surface area (Å²) in [6.07, 6.45) is 1.00. The molecule has 15 aromatic rings. The first kappa shape index (κ1) is 74.4. The summed E-state index contributed by atoms with van der Waals surface area (Å²) in [6, 6.07) is 98.5. The van der Waals surface area contributed by atoms with E-state index in [-0.39, 0.29) is 60.3 Å². The van der Waals surface area contributed by atoms with Crippen LogP contribution in [0.2, 0.25) is 5.02 Å². The molecule has 0 amide bonds. The van der Waals surface area contributed by atoms with Crippen LogP contribution in [0.3, 0.4) is 0 Å². The van der Waals surface area contributed by atoms with Crippen molar-refractivity contribution in [3.63, 3.8) is 0 Å². The van der Waals surface area contributed by atoms with Gasteiger partial charge in [0.05, 0.1) is 33.1 Å². The maximum Gasteiger partial charge on any atom is 0.381 e. The first-order valence-electron chi connectivity index (χ1n) is 29.4. The second kappa shape index (κ2) is 37.3. The Balaban J connectivity index is 0.000000165. The van der Waals surface area contributed by atoms with Crippen LogP contribution in [-0.2, 0) is 66.5 Å². The van der Waals surface area contributed by atoms with Crippen LogP contribution < -0.4 is 0 Å². The van der Waals surface area contributed by atoms with Gasteiger partial charge in [-0.3, -0.25) is 29.9 Å². The van der Waals surface area contributed by atoms with Crippen molar-refractivity contribution in [2.45, 2.75) is 26.9 Å². The first-order valence-corrected chi connectivity index (χ1v) is 29.8. The zero-order valence-electron chi connectivity index (χ0n) is 52.0. The number of halogens is 4. The number of rotatable bonds is 6. The van der Waals surface area contributed by atoms with E-state index in [0.29, 0.717) is 33.1 Å². The van der Waals surface area contributed by atoms with Crippen molar-refractivity contribution in [1.82, 2.24) is 44.9 Å². The van der Waals surface area contributed by atoms with E-state index in [1.807, 2.05) is 232 Å². The molecule has 0 fully saturated rings. The summed E-state index contributed by atoms with van der Waals surface area (Å²) >= 11 is 5.87. The molecule has 0 aliphatic heterocycles. The second-order valence-electron chi connectivity index (χ2n) is 20.4. The average Bonchev–Trinajstić information content (AvgIpc) is 0.834. The predicted molar refractivity (Wildman–Crippen MR) is 366 cm³/mol. The smallest absolute Gasteiger partial charge is 0.305 e. The van der Waals surface area contributed by atoms with Gasteiger partial charge >= 0.3 is 6.18 Å². The van der Waals surface area contributed by atoms with Crippen molar-refractivity contribution in [2.75, 3.05) is 0 Å². The summed E-state index contributed by atoms with van der Waals surface area (Å²) in [5, 5.41) is 9.47. The molecule has 15 rings (SSSR count). The summed E-state index contributed by atoms with van der Waals surface area (Å²) in [4.78, 5) is 39.9. The van der Waals surface area contributed by atoms with Crippen LogP contribution in [0.5, 0.6) is 0 Å². The summed E-state index contributed by atoms with van der Waals surface area (Å²) in [5.74, 6) is 0. The van der Waals surface area contributed by atoms with Gasteiger partial charge in [0.25, 0.3) is 0 Å². The molecule has 17 heteroatoms. The van der Waals surface area contributed by atoms with Crippen LogP contribution in [0.1, 0.15) is 28.2 Å². The number of alkyl halides is 3. The Hall–Kier alpha value is -10.0. The number of nitrogens with zero attached hydrogens (tertiary/aromatic N) is 10. The first-order chi connectivity index (χ1) is 45.9. The number of benzene rings is 9. The van der Waals surface area contributed by atoms with Gasteiger partial charge in [0, 0.05) is 119 Å². The van der Waals surface area contributed by atoms with Crippen LogP contribution in [0.25, 0.3) is 101 Å². The summed E-state index contributed by atoms with van der Waals surface area (Å²) < 4.78 is 37.7. The second-order valence-corrected chi connectivity index (χ2v) is 20.9. The van der Waals surface area contributed by atoms with Crippen molar-refractivity contribution < 1.29 is 73.5 Å². The minimum atomic E-state index is -4.36. The largest absolute Gasteiger partial charge is 0.381 e. The van der Waals surface area contributed by atoms with Gasteiger partial charge in [0.2, 0.25) is 0 Å². The maximum atomic E-state index is 12.6. The van der Waals surface area contributed by atoms with Crippen molar-refractivity contribution >= 4 is 44.7 Å². The molecule has 0 spiro atoms. The van der Waals surface area contributed by atoms with Gasteiger partial charge in [0.15, 0.2) is 0 Å². The summed E-state index contributed by atoms with van der Waals surface area (Å²) in [7, 11) is 0. The standard InChI is InChI=1S/C16H10F3N2.C16H10N3.C15H10ClN2.3C11H8N.3Ir/c1-10-15(21-14-5-3-2-4-13(14)20-10)11-6-8-12(9-7-11)16(17,18)19;1-11-16(13-8-6-12(10-17)7-9-13)19-15-5-3-2-4-14(15)18-11;1-10-15(11-6-8-12(16)9-7-11)18-14-5-3-2-4-13(14)17-10;3*1-2-6-10(7-3-1)11-8-4-5-9-12-11;;;/h2-6,8-9H,1H3;2-8H,1H3;2-6,8-9H,1H3;3*1-6,8-9H;;;/q6*-1;;;. The number of hydrogen-bond acceptors (Lipinski definition) is 10. The van der Waals surface area contributed by atoms with E-state index in [0.717, 1.165) is 107 Å². The number of nitriles is 1. The molecule has 0 aliphatic carbocycles. The molecular formula is C80H54ClF3Ir3N10-6. The zero-order valence-corrected chi connectivity index (χ0v) is 59.9. The van der Waals surface area contributed by atoms with E-state index >= 15 is 0 Å². The van der Waals surface area contributed by atoms with Crippen molar-refractivity contribution in [3.8, 4) is 73.6 Å². The topological polar surface area (TPSA) is 140 Å². The fourth-order valence-corrected chi connectivity index (χ4v) is 9.32. The van der Waals surface area contributed by atoms with E-state index in [2.05, 4.69) is 87.3 Å². The van der Waals surface area contributed by atoms with Crippen LogP contribution >= 0.6 is 11.6 Å². The van der Waals surface area contributed by atoms with E-state index in [9.17, 15) is 13.2 Å². The summed E-state index contributed by atoms with van der Waals surface area (Å²) in [6.45, 7) is 5.67. The number of pyridine rings is 3. The molecule has 97 heavy (non-hydrogen) atoms. The molecule has 0 atom stereocenters.